The van der Waals surface area contributed by atoms with Gasteiger partial charge in [-0.25, -0.2) is 0 Å². The van der Waals surface area contributed by atoms with Gasteiger partial charge in [0.25, 0.3) is 0 Å². The molecule has 0 saturated heterocycles. The van der Waals surface area contributed by atoms with Crippen LogP contribution < -0.4 is 11.1 Å². The van der Waals surface area contributed by atoms with Gasteiger partial charge in [0.2, 0.25) is 5.91 Å². The Bertz CT molecular complexity index is 276. The molecule has 0 aromatic carbocycles. The van der Waals surface area contributed by atoms with Crippen LogP contribution in [0, 0.1) is 0 Å². The fourth-order valence-electron chi connectivity index (χ4n) is 2.83. The molecule has 98 valence electrons. The predicted octanol–water partition coefficient (Wildman–Crippen LogP) is 0.855. The molecule has 0 radical (unpaired) electrons. The first-order valence-corrected chi connectivity index (χ1v) is 6.87. The molecule has 0 spiro atoms. The van der Waals surface area contributed by atoms with Crippen molar-refractivity contribution in [1.29, 1.82) is 0 Å². The van der Waals surface area contributed by atoms with Crippen LogP contribution in [0.5, 0.6) is 0 Å². The number of nitrogens with two attached hydrogens (primary N) is 1. The lowest BCUT2D eigenvalue weighted by atomic mass is 9.89. The van der Waals surface area contributed by atoms with Crippen molar-refractivity contribution in [3.05, 3.63) is 0 Å². The highest BCUT2D eigenvalue weighted by Crippen LogP contribution is 2.32. The Morgan fingerprint density at radius 3 is 2.53 bits per heavy atom. The Kier molecular flexibility index (Phi) is 4.05. The Hall–Kier alpha value is -0.610. The lowest BCUT2D eigenvalue weighted by Gasteiger charge is -2.38. The van der Waals surface area contributed by atoms with Crippen LogP contribution in [-0.2, 0) is 4.79 Å². The van der Waals surface area contributed by atoms with E-state index in [1.54, 1.807) is 6.92 Å². The summed E-state index contributed by atoms with van der Waals surface area (Å²) < 4.78 is 0. The van der Waals surface area contributed by atoms with E-state index in [9.17, 15) is 4.79 Å². The molecule has 2 aliphatic carbocycles. The van der Waals surface area contributed by atoms with Crippen LogP contribution in [0.4, 0.5) is 0 Å². The predicted molar refractivity (Wildman–Crippen MR) is 68.6 cm³/mol. The molecule has 0 heterocycles. The maximum Gasteiger partial charge on any atom is 0.236 e. The van der Waals surface area contributed by atoms with Gasteiger partial charge in [0.05, 0.1) is 6.04 Å². The van der Waals surface area contributed by atoms with E-state index >= 15 is 0 Å². The van der Waals surface area contributed by atoms with Gasteiger partial charge in [-0.2, -0.15) is 0 Å². The quantitative estimate of drug-likeness (QED) is 0.765. The van der Waals surface area contributed by atoms with E-state index in [1.807, 2.05) is 0 Å². The molecule has 17 heavy (non-hydrogen) atoms. The number of nitrogens with one attached hydrogen (secondary N) is 1. The van der Waals surface area contributed by atoms with Crippen molar-refractivity contribution in [2.75, 3.05) is 7.05 Å². The zero-order valence-electron chi connectivity index (χ0n) is 11.0. The Morgan fingerprint density at radius 1 is 1.29 bits per heavy atom. The average Bonchev–Trinajstić information content (AvgIpc) is 3.12. The van der Waals surface area contributed by atoms with Gasteiger partial charge in [0.1, 0.15) is 0 Å². The first kappa shape index (κ1) is 12.8. The molecule has 2 fully saturated rings. The van der Waals surface area contributed by atoms with Gasteiger partial charge in [-0.1, -0.05) is 12.8 Å². The van der Waals surface area contributed by atoms with Gasteiger partial charge in [-0.05, 0) is 39.7 Å². The zero-order chi connectivity index (χ0) is 12.4. The molecule has 4 nitrogen and oxygen atoms in total. The number of likely N-dealkylation sites (N-methyl/N-ethyl adjacent to an activating group) is 1. The molecule has 4 heteroatoms. The minimum Gasteiger partial charge on any atom is -0.350 e. The van der Waals surface area contributed by atoms with E-state index in [4.69, 9.17) is 5.73 Å². The molecular formula is C13H25N3O. The topological polar surface area (TPSA) is 58.4 Å². The number of nitrogens with zero attached hydrogens (tertiary/aromatic N) is 1. The van der Waals surface area contributed by atoms with Crippen LogP contribution in [-0.4, -0.2) is 42.0 Å². The number of carbonyl (C=O) groups excluding carboxylic acids is 1. The Morgan fingerprint density at radius 2 is 1.94 bits per heavy atom. The van der Waals surface area contributed by atoms with Gasteiger partial charge >= 0.3 is 0 Å². The summed E-state index contributed by atoms with van der Waals surface area (Å²) in [7, 11) is 2.21. The van der Waals surface area contributed by atoms with Gasteiger partial charge in [0.15, 0.2) is 0 Å². The van der Waals surface area contributed by atoms with Crippen molar-refractivity contribution >= 4 is 5.91 Å². The first-order chi connectivity index (χ1) is 8.09. The minimum absolute atomic E-state index is 0.00824. The third kappa shape index (κ3) is 3.19. The summed E-state index contributed by atoms with van der Waals surface area (Å²) in [6.07, 6.45) is 7.45. The first-order valence-electron chi connectivity index (χ1n) is 6.87. The van der Waals surface area contributed by atoms with Gasteiger partial charge in [0, 0.05) is 18.1 Å². The molecular weight excluding hydrogens is 214 g/mol. The summed E-state index contributed by atoms with van der Waals surface area (Å²) >= 11 is 0. The normalized spacial score (nSPS) is 31.3. The van der Waals surface area contributed by atoms with Gasteiger partial charge in [-0.3, -0.25) is 9.69 Å². The van der Waals surface area contributed by atoms with Crippen molar-refractivity contribution in [2.24, 2.45) is 5.73 Å². The van der Waals surface area contributed by atoms with Crippen LogP contribution in [0.25, 0.3) is 0 Å². The number of hydrogen-bond acceptors (Lipinski definition) is 3. The van der Waals surface area contributed by atoms with Crippen molar-refractivity contribution in [1.82, 2.24) is 10.2 Å². The van der Waals surface area contributed by atoms with Crippen LogP contribution in [0.3, 0.4) is 0 Å². The summed E-state index contributed by atoms with van der Waals surface area (Å²) in [5.41, 5.74) is 5.62. The zero-order valence-corrected chi connectivity index (χ0v) is 11.0. The fraction of sp³-hybridized carbons (Fsp3) is 0.923. The van der Waals surface area contributed by atoms with Crippen LogP contribution in [0.2, 0.25) is 0 Å². The molecule has 0 bridgehead atoms. The molecule has 1 amide bonds. The summed E-state index contributed by atoms with van der Waals surface area (Å²) in [5, 5.41) is 3.13. The van der Waals surface area contributed by atoms with Crippen LogP contribution >= 0.6 is 0 Å². The van der Waals surface area contributed by atoms with Crippen molar-refractivity contribution in [3.63, 3.8) is 0 Å². The third-order valence-corrected chi connectivity index (χ3v) is 4.12. The third-order valence-electron chi connectivity index (χ3n) is 4.12. The second-order valence-corrected chi connectivity index (χ2v) is 5.65. The second kappa shape index (κ2) is 5.36. The molecule has 2 saturated carbocycles. The molecule has 2 aliphatic rings. The number of carbonyl (C=O) groups is 1. The number of hydrogen-bond donors (Lipinski definition) is 2. The van der Waals surface area contributed by atoms with E-state index in [-0.39, 0.29) is 5.91 Å². The molecule has 3 N–H and O–H groups in total. The standard InChI is InChI=1S/C13H25N3O/c1-9(14)13(17)15-11-5-3-4-6-12(11)16(2)10-7-8-10/h9-12H,3-8,14H2,1-2H3,(H,15,17)/t9-,11?,12?/m0/s1. The lowest BCUT2D eigenvalue weighted by Crippen LogP contribution is -2.55. The molecule has 0 aliphatic heterocycles. The second-order valence-electron chi connectivity index (χ2n) is 5.65. The monoisotopic (exact) mass is 239 g/mol. The number of rotatable bonds is 4. The fourth-order valence-corrected chi connectivity index (χ4v) is 2.83. The summed E-state index contributed by atoms with van der Waals surface area (Å²) in [6.45, 7) is 1.75. The Labute approximate surface area is 104 Å². The van der Waals surface area contributed by atoms with E-state index in [2.05, 4.69) is 17.3 Å². The van der Waals surface area contributed by atoms with Crippen molar-refractivity contribution < 1.29 is 4.79 Å². The van der Waals surface area contributed by atoms with E-state index in [0.29, 0.717) is 12.1 Å². The summed E-state index contributed by atoms with van der Waals surface area (Å²) in [6, 6.07) is 1.17. The van der Waals surface area contributed by atoms with E-state index in [1.165, 1.54) is 32.1 Å². The summed E-state index contributed by atoms with van der Waals surface area (Å²) in [5.74, 6) is -0.00824. The largest absolute Gasteiger partial charge is 0.350 e. The van der Waals surface area contributed by atoms with Crippen LogP contribution in [0.1, 0.15) is 45.4 Å². The lowest BCUT2D eigenvalue weighted by molar-refractivity contribution is -0.123. The highest BCUT2D eigenvalue weighted by Gasteiger charge is 2.36. The highest BCUT2D eigenvalue weighted by molar-refractivity contribution is 5.81. The van der Waals surface area contributed by atoms with Gasteiger partial charge < -0.3 is 11.1 Å². The maximum atomic E-state index is 11.7. The molecule has 3 atom stereocenters. The van der Waals surface area contributed by atoms with Crippen molar-refractivity contribution in [3.8, 4) is 0 Å². The SMILES string of the molecule is C[C@H](N)C(=O)NC1CCCCC1N(C)C1CC1. The molecule has 2 rings (SSSR count). The molecule has 0 aromatic rings. The minimum atomic E-state index is -0.399. The summed E-state index contributed by atoms with van der Waals surface area (Å²) in [4.78, 5) is 14.2. The maximum absolute atomic E-state index is 11.7. The van der Waals surface area contributed by atoms with E-state index in [0.717, 1.165) is 12.5 Å². The molecule has 0 aromatic heterocycles. The van der Waals surface area contributed by atoms with Crippen LogP contribution in [0.15, 0.2) is 0 Å². The van der Waals surface area contributed by atoms with E-state index < -0.39 is 6.04 Å². The smallest absolute Gasteiger partial charge is 0.236 e. The molecule has 2 unspecified atom stereocenters. The van der Waals surface area contributed by atoms with Gasteiger partial charge in [-0.15, -0.1) is 0 Å². The number of amides is 1. The highest BCUT2D eigenvalue weighted by atomic mass is 16.2. The average molecular weight is 239 g/mol. The van der Waals surface area contributed by atoms with Crippen molar-refractivity contribution in [2.45, 2.75) is 69.6 Å². The Balaban J connectivity index is 1.93.